The molecule has 0 unspecified atom stereocenters. The molecule has 3 aliphatic rings. The number of hydrogen-bond donors (Lipinski definition) is 0. The van der Waals surface area contributed by atoms with Gasteiger partial charge in [0.25, 0.3) is 0 Å². The molecular formula is C35H51ClFN3O6Si2. The molecule has 264 valence electrons. The summed E-state index contributed by atoms with van der Waals surface area (Å²) in [7, 11) is -3.37. The van der Waals surface area contributed by atoms with Crippen LogP contribution in [0.1, 0.15) is 20.8 Å². The fraction of sp³-hybridized carbons (Fsp3) is 0.629. The molecule has 3 aromatic rings. The van der Waals surface area contributed by atoms with Crippen molar-refractivity contribution in [3.8, 4) is 17.1 Å². The van der Waals surface area contributed by atoms with Crippen molar-refractivity contribution in [3.63, 3.8) is 0 Å². The lowest BCUT2D eigenvalue weighted by molar-refractivity contribution is 0.00855. The first-order chi connectivity index (χ1) is 22.6. The van der Waals surface area contributed by atoms with Gasteiger partial charge in [-0.05, 0) is 36.3 Å². The topological polar surface area (TPSA) is 76.4 Å². The molecule has 5 heterocycles. The van der Waals surface area contributed by atoms with Gasteiger partial charge in [0.1, 0.15) is 29.5 Å². The molecule has 0 saturated carbocycles. The molecule has 3 aliphatic heterocycles. The van der Waals surface area contributed by atoms with Crippen LogP contribution >= 0.6 is 11.6 Å². The van der Waals surface area contributed by atoms with E-state index in [4.69, 9.17) is 44.7 Å². The maximum atomic E-state index is 16.3. The van der Waals surface area contributed by atoms with E-state index < -0.39 is 28.3 Å². The Balaban J connectivity index is 1.27. The Bertz CT molecular complexity index is 1590. The van der Waals surface area contributed by atoms with Crippen molar-refractivity contribution >= 4 is 44.7 Å². The van der Waals surface area contributed by atoms with Crippen LogP contribution in [-0.2, 0) is 30.1 Å². The first kappa shape index (κ1) is 35.8. The number of hydrogen-bond acceptors (Lipinski definition) is 8. The molecule has 0 spiro atoms. The Hall–Kier alpha value is -2.04. The third-order valence-electron chi connectivity index (χ3n) is 10.1. The predicted octanol–water partition coefficient (Wildman–Crippen LogP) is 7.58. The van der Waals surface area contributed by atoms with Crippen LogP contribution in [-0.4, -0.2) is 96.5 Å². The van der Waals surface area contributed by atoms with E-state index >= 15 is 4.39 Å². The molecule has 4 atom stereocenters. The second-order valence-electron chi connectivity index (χ2n) is 15.9. The van der Waals surface area contributed by atoms with Crippen molar-refractivity contribution in [3.05, 3.63) is 41.2 Å². The van der Waals surface area contributed by atoms with Crippen molar-refractivity contribution in [2.24, 2.45) is 0 Å². The van der Waals surface area contributed by atoms with Crippen LogP contribution in [0.2, 0.25) is 48.8 Å². The van der Waals surface area contributed by atoms with Crippen molar-refractivity contribution in [1.82, 2.24) is 9.55 Å². The highest BCUT2D eigenvalue weighted by Gasteiger charge is 2.52. The predicted molar refractivity (Wildman–Crippen MR) is 193 cm³/mol. The Morgan fingerprint density at radius 2 is 1.62 bits per heavy atom. The zero-order valence-corrected chi connectivity index (χ0v) is 32.4. The van der Waals surface area contributed by atoms with E-state index in [1.807, 2.05) is 24.3 Å². The van der Waals surface area contributed by atoms with E-state index in [0.29, 0.717) is 50.1 Å². The van der Waals surface area contributed by atoms with Crippen molar-refractivity contribution < 1.29 is 32.5 Å². The standard InChI is InChI=1S/C35H51ClFN3O6Si2/c1-35(2,3)48(7,8)46-27-21-44-33-26(20-43-34(27)33)45-28-19-25-32(40(28)22-42-17-18-47(4,5)6)30(37)29(36)31(38-25)23-9-11-24(12-10-23)39-13-15-41-16-14-39/h9-12,19,26-27,33-34H,13-18,20-22H2,1-8H3/t26-,27-,33-,34-/m1/s1. The summed E-state index contributed by atoms with van der Waals surface area (Å²) < 4.78 is 55.4. The Labute approximate surface area is 291 Å². The van der Waals surface area contributed by atoms with Crippen LogP contribution in [0, 0.1) is 5.82 Å². The fourth-order valence-corrected chi connectivity index (χ4v) is 8.46. The maximum absolute atomic E-state index is 16.3. The quantitative estimate of drug-likeness (QED) is 0.148. The Morgan fingerprint density at radius 1 is 0.979 bits per heavy atom. The molecule has 0 amide bonds. The number of fused-ring (bicyclic) bond motifs is 2. The van der Waals surface area contributed by atoms with E-state index in [0.717, 1.165) is 30.4 Å². The van der Waals surface area contributed by atoms with E-state index in [9.17, 15) is 0 Å². The fourth-order valence-electron chi connectivity index (χ4n) is 6.15. The third-order valence-corrected chi connectivity index (χ3v) is 16.7. The average Bonchev–Trinajstić information content (AvgIpc) is 3.71. The minimum Gasteiger partial charge on any atom is -0.470 e. The highest BCUT2D eigenvalue weighted by molar-refractivity contribution is 6.76. The minimum absolute atomic E-state index is 0.0383. The molecule has 6 rings (SSSR count). The number of benzene rings is 1. The van der Waals surface area contributed by atoms with Crippen LogP contribution in [0.25, 0.3) is 22.3 Å². The number of ether oxygens (including phenoxy) is 5. The number of rotatable bonds is 11. The van der Waals surface area contributed by atoms with Gasteiger partial charge in [-0.3, -0.25) is 4.57 Å². The summed E-state index contributed by atoms with van der Waals surface area (Å²) >= 11 is 6.74. The number of halogens is 2. The molecule has 0 bridgehead atoms. The number of pyridine rings is 1. The largest absolute Gasteiger partial charge is 0.470 e. The number of nitrogens with zero attached hydrogens (tertiary/aromatic N) is 3. The highest BCUT2D eigenvalue weighted by Crippen LogP contribution is 2.42. The maximum Gasteiger partial charge on any atom is 0.198 e. The Kier molecular flexibility index (Phi) is 10.4. The molecule has 9 nitrogen and oxygen atoms in total. The summed E-state index contributed by atoms with van der Waals surface area (Å²) in [5.41, 5.74) is 2.89. The molecular weight excluding hydrogens is 669 g/mol. The van der Waals surface area contributed by atoms with Crippen molar-refractivity contribution in [2.75, 3.05) is 51.0 Å². The summed E-state index contributed by atoms with van der Waals surface area (Å²) in [4.78, 5) is 7.15. The van der Waals surface area contributed by atoms with Crippen molar-refractivity contribution in [2.45, 2.75) is 95.7 Å². The summed E-state index contributed by atoms with van der Waals surface area (Å²) in [5, 5.41) is 0.0291. The lowest BCUT2D eigenvalue weighted by Gasteiger charge is -2.39. The van der Waals surface area contributed by atoms with Gasteiger partial charge in [-0.15, -0.1) is 0 Å². The minimum atomic E-state index is -2.04. The Morgan fingerprint density at radius 3 is 2.27 bits per heavy atom. The van der Waals surface area contributed by atoms with Crippen LogP contribution < -0.4 is 9.64 Å². The zero-order valence-electron chi connectivity index (χ0n) is 29.6. The summed E-state index contributed by atoms with van der Waals surface area (Å²) in [6.07, 6.45) is -1.10. The van der Waals surface area contributed by atoms with E-state index in [-0.39, 0.29) is 40.6 Å². The summed E-state index contributed by atoms with van der Waals surface area (Å²) in [6.45, 7) is 22.6. The van der Waals surface area contributed by atoms with Gasteiger partial charge in [0.05, 0.1) is 43.7 Å². The summed E-state index contributed by atoms with van der Waals surface area (Å²) in [5.74, 6) is -0.120. The van der Waals surface area contributed by atoms with Crippen LogP contribution in [0.3, 0.4) is 0 Å². The molecule has 2 aromatic heterocycles. The van der Waals surface area contributed by atoms with Gasteiger partial charge in [0, 0.05) is 45.1 Å². The smallest absolute Gasteiger partial charge is 0.198 e. The second kappa shape index (κ2) is 13.9. The van der Waals surface area contributed by atoms with Gasteiger partial charge >= 0.3 is 0 Å². The molecule has 3 fully saturated rings. The second-order valence-corrected chi connectivity index (χ2v) is 26.7. The van der Waals surface area contributed by atoms with Gasteiger partial charge in [-0.25, -0.2) is 9.37 Å². The van der Waals surface area contributed by atoms with E-state index in [1.54, 1.807) is 10.6 Å². The molecule has 13 heteroatoms. The molecule has 0 aliphatic carbocycles. The highest BCUT2D eigenvalue weighted by atomic mass is 35.5. The normalized spacial score (nSPS) is 23.7. The van der Waals surface area contributed by atoms with Gasteiger partial charge in [0.2, 0.25) is 0 Å². The van der Waals surface area contributed by atoms with Crippen LogP contribution in [0.5, 0.6) is 5.88 Å². The van der Waals surface area contributed by atoms with Gasteiger partial charge < -0.3 is 33.0 Å². The lowest BCUT2D eigenvalue weighted by atomic mass is 10.1. The van der Waals surface area contributed by atoms with E-state index in [1.165, 1.54) is 0 Å². The van der Waals surface area contributed by atoms with E-state index in [2.05, 4.69) is 58.4 Å². The third kappa shape index (κ3) is 7.51. The first-order valence-electron chi connectivity index (χ1n) is 17.1. The SMILES string of the molecule is CC(C)(C)[Si](C)(C)O[C@@H]1CO[C@H]2[C@@H]1OC[C@H]2Oc1cc2nc(-c3ccc(N4CCOCC4)cc3)c(Cl)c(F)c2n1COCC[Si](C)(C)C. The zero-order chi connectivity index (χ0) is 34.4. The average molecular weight is 720 g/mol. The molecule has 1 aromatic carbocycles. The van der Waals surface area contributed by atoms with Gasteiger partial charge in [-0.1, -0.05) is 64.1 Å². The van der Waals surface area contributed by atoms with Crippen LogP contribution in [0.4, 0.5) is 10.1 Å². The lowest BCUT2D eigenvalue weighted by Crippen LogP contribution is -2.47. The summed E-state index contributed by atoms with van der Waals surface area (Å²) in [6, 6.07) is 10.7. The number of anilines is 1. The number of aromatic nitrogens is 2. The van der Waals surface area contributed by atoms with Crippen molar-refractivity contribution in [1.29, 1.82) is 0 Å². The van der Waals surface area contributed by atoms with Gasteiger partial charge in [0.15, 0.2) is 26.1 Å². The molecule has 0 radical (unpaired) electrons. The van der Waals surface area contributed by atoms with Crippen LogP contribution in [0.15, 0.2) is 30.3 Å². The molecule has 0 N–H and O–H groups in total. The molecule has 48 heavy (non-hydrogen) atoms. The first-order valence-corrected chi connectivity index (χ1v) is 24.1. The monoisotopic (exact) mass is 719 g/mol. The number of morpholine rings is 1. The molecule has 3 saturated heterocycles. The van der Waals surface area contributed by atoms with Gasteiger partial charge in [-0.2, -0.15) is 0 Å².